The zero-order chi connectivity index (χ0) is 16.8. The third kappa shape index (κ3) is 2.22. The van der Waals surface area contributed by atoms with Crippen LogP contribution in [0, 0.1) is 27.7 Å². The predicted molar refractivity (Wildman–Crippen MR) is 98.6 cm³/mol. The molecule has 0 bridgehead atoms. The topological polar surface area (TPSA) is 52.3 Å². The van der Waals surface area contributed by atoms with Gasteiger partial charge in [-0.05, 0) is 63.1 Å². The summed E-state index contributed by atoms with van der Waals surface area (Å²) >= 11 is 0. The van der Waals surface area contributed by atoms with E-state index < -0.39 is 0 Å². The maximum absolute atomic E-state index is 3.65. The molecular weight excluding hydrogens is 296 g/mol. The average Bonchev–Trinajstić information content (AvgIpc) is 3.28. The summed E-state index contributed by atoms with van der Waals surface area (Å²) in [4.78, 5) is 10.5. The number of hydrogen-bond donors (Lipinski definition) is 3. The second-order valence-electron chi connectivity index (χ2n) is 6.54. The van der Waals surface area contributed by atoms with Gasteiger partial charge in [0.15, 0.2) is 0 Å². The van der Waals surface area contributed by atoms with Crippen LogP contribution in [-0.2, 0) is 0 Å². The Morgan fingerprint density at radius 2 is 1.67 bits per heavy atom. The lowest BCUT2D eigenvalue weighted by Gasteiger charge is -2.06. The van der Waals surface area contributed by atoms with Crippen LogP contribution in [0.5, 0.6) is 0 Å². The molecule has 0 spiro atoms. The maximum Gasteiger partial charge on any atom is 0.0872 e. The number of H-pyrrole nitrogens is 3. The van der Waals surface area contributed by atoms with Crippen LogP contribution < -0.4 is 0 Å². The van der Waals surface area contributed by atoms with Crippen molar-refractivity contribution in [2.45, 2.75) is 27.7 Å². The lowest BCUT2D eigenvalue weighted by atomic mass is 10.1. The van der Waals surface area contributed by atoms with Crippen molar-refractivity contribution in [3.63, 3.8) is 0 Å². The van der Waals surface area contributed by atoms with Crippen LogP contribution >= 0.6 is 0 Å². The molecule has 0 fully saturated rings. The van der Waals surface area contributed by atoms with Gasteiger partial charge in [0.05, 0.1) is 28.5 Å². The quantitative estimate of drug-likeness (QED) is 0.474. The van der Waals surface area contributed by atoms with E-state index in [9.17, 15) is 0 Å². The van der Waals surface area contributed by atoms with Gasteiger partial charge in [-0.15, -0.1) is 0 Å². The number of rotatable bonds is 3. The summed E-state index contributed by atoms with van der Waals surface area (Å²) in [5.74, 6) is 0. The van der Waals surface area contributed by atoms with Crippen LogP contribution in [0.3, 0.4) is 0 Å². The van der Waals surface area contributed by atoms with Crippen molar-refractivity contribution in [1.82, 2.24) is 19.5 Å². The Hall–Kier alpha value is -2.88. The van der Waals surface area contributed by atoms with Crippen molar-refractivity contribution >= 4 is 0 Å². The Morgan fingerprint density at radius 1 is 0.833 bits per heavy atom. The third-order valence-corrected chi connectivity index (χ3v) is 4.62. The van der Waals surface area contributed by atoms with Crippen molar-refractivity contribution in [1.29, 1.82) is 0 Å². The first kappa shape index (κ1) is 14.7. The molecule has 4 heteroatoms. The average molecular weight is 318 g/mol. The van der Waals surface area contributed by atoms with Crippen molar-refractivity contribution in [3.05, 3.63) is 65.2 Å². The van der Waals surface area contributed by atoms with E-state index in [1.54, 1.807) is 0 Å². The summed E-state index contributed by atoms with van der Waals surface area (Å²) in [6.07, 6.45) is 6.28. The van der Waals surface area contributed by atoms with Gasteiger partial charge in [-0.3, -0.25) is 0 Å². The lowest BCUT2D eigenvalue weighted by molar-refractivity contribution is 1.06. The van der Waals surface area contributed by atoms with Crippen LogP contribution in [0.25, 0.3) is 28.5 Å². The highest BCUT2D eigenvalue weighted by Gasteiger charge is 2.20. The molecule has 0 unspecified atom stereocenters. The molecule has 4 aromatic rings. The van der Waals surface area contributed by atoms with E-state index in [-0.39, 0.29) is 0 Å². The molecule has 4 rings (SSSR count). The molecule has 0 saturated heterocycles. The molecule has 0 amide bonds. The van der Waals surface area contributed by atoms with Gasteiger partial charge < -0.3 is 19.5 Å². The summed E-state index contributed by atoms with van der Waals surface area (Å²) in [5.41, 5.74) is 10.6. The first-order valence-corrected chi connectivity index (χ1v) is 8.22. The molecule has 0 atom stereocenters. The van der Waals surface area contributed by atoms with Crippen LogP contribution in [0.4, 0.5) is 0 Å². The number of nitrogens with zero attached hydrogens (tertiary/aromatic N) is 1. The number of nitrogens with one attached hydrogen (secondary N) is 3. The largest absolute Gasteiger partial charge is 0.360 e. The molecule has 0 aliphatic heterocycles. The molecule has 4 nitrogen and oxygen atoms in total. The molecule has 4 aromatic heterocycles. The van der Waals surface area contributed by atoms with E-state index in [1.165, 1.54) is 22.4 Å². The second kappa shape index (κ2) is 5.34. The molecule has 0 radical (unpaired) electrons. The molecule has 122 valence electrons. The van der Waals surface area contributed by atoms with E-state index in [2.05, 4.69) is 83.9 Å². The van der Waals surface area contributed by atoms with E-state index in [0.717, 1.165) is 28.5 Å². The zero-order valence-corrected chi connectivity index (χ0v) is 14.5. The molecule has 0 aromatic carbocycles. The summed E-state index contributed by atoms with van der Waals surface area (Å²) in [6, 6.07) is 8.48. The highest BCUT2D eigenvalue weighted by atomic mass is 15.0. The summed E-state index contributed by atoms with van der Waals surface area (Å²) in [7, 11) is 0. The monoisotopic (exact) mass is 318 g/mol. The Kier molecular flexibility index (Phi) is 3.27. The molecule has 0 saturated carbocycles. The van der Waals surface area contributed by atoms with Crippen LogP contribution in [0.15, 0.2) is 42.9 Å². The Morgan fingerprint density at radius 3 is 2.25 bits per heavy atom. The number of aromatic amines is 3. The van der Waals surface area contributed by atoms with Gasteiger partial charge in [0, 0.05) is 29.8 Å². The van der Waals surface area contributed by atoms with Crippen LogP contribution in [-0.4, -0.2) is 19.5 Å². The van der Waals surface area contributed by atoms with E-state index in [4.69, 9.17) is 0 Å². The number of hydrogen-bond acceptors (Lipinski definition) is 0. The highest BCUT2D eigenvalue weighted by Crippen LogP contribution is 2.36. The molecule has 3 N–H and O–H groups in total. The molecular formula is C20H22N4. The van der Waals surface area contributed by atoms with Gasteiger partial charge in [-0.2, -0.15) is 0 Å². The summed E-state index contributed by atoms with van der Waals surface area (Å²) < 4.78 is 2.20. The Labute approximate surface area is 141 Å². The fraction of sp³-hybridized carbons (Fsp3) is 0.200. The van der Waals surface area contributed by atoms with Gasteiger partial charge in [0.1, 0.15) is 0 Å². The minimum Gasteiger partial charge on any atom is -0.360 e. The van der Waals surface area contributed by atoms with Crippen LogP contribution in [0.1, 0.15) is 22.4 Å². The third-order valence-electron chi connectivity index (χ3n) is 4.62. The van der Waals surface area contributed by atoms with Crippen molar-refractivity contribution in [3.8, 4) is 28.5 Å². The van der Waals surface area contributed by atoms with Crippen molar-refractivity contribution in [2.24, 2.45) is 0 Å². The normalized spacial score (nSPS) is 11.3. The predicted octanol–water partition coefficient (Wildman–Crippen LogP) is 5.03. The minimum atomic E-state index is 1.10. The van der Waals surface area contributed by atoms with Gasteiger partial charge >= 0.3 is 0 Å². The summed E-state index contributed by atoms with van der Waals surface area (Å²) in [5, 5.41) is 0. The number of aryl methyl sites for hydroxylation is 3. The van der Waals surface area contributed by atoms with Crippen molar-refractivity contribution in [2.75, 3.05) is 0 Å². The molecule has 4 heterocycles. The molecule has 24 heavy (non-hydrogen) atoms. The van der Waals surface area contributed by atoms with Crippen molar-refractivity contribution < 1.29 is 0 Å². The first-order chi connectivity index (χ1) is 11.5. The SMILES string of the molecule is Cc1ccn(-c2c(-c3ccc(C)[nH]3)[nH]c(-c3[nH]ccc3C)c2C)c1. The van der Waals surface area contributed by atoms with Gasteiger partial charge in [0.25, 0.3) is 0 Å². The first-order valence-electron chi connectivity index (χ1n) is 8.22. The zero-order valence-electron chi connectivity index (χ0n) is 14.5. The molecule has 0 aliphatic rings. The van der Waals surface area contributed by atoms with E-state index >= 15 is 0 Å². The maximum atomic E-state index is 3.65. The van der Waals surface area contributed by atoms with E-state index in [1.807, 2.05) is 6.20 Å². The highest BCUT2D eigenvalue weighted by molar-refractivity contribution is 5.79. The summed E-state index contributed by atoms with van der Waals surface area (Å²) in [6.45, 7) is 8.50. The van der Waals surface area contributed by atoms with Gasteiger partial charge in [-0.25, -0.2) is 0 Å². The standard InChI is InChI=1S/C20H22N4/c1-12-8-10-24(11-12)20-15(4)18(17-13(2)7-9-21-17)23-19(20)16-6-5-14(3)22-16/h5-11,21-23H,1-4H3. The van der Waals surface area contributed by atoms with Crippen LogP contribution in [0.2, 0.25) is 0 Å². The minimum absolute atomic E-state index is 1.10. The van der Waals surface area contributed by atoms with E-state index in [0.29, 0.717) is 0 Å². The second-order valence-corrected chi connectivity index (χ2v) is 6.54. The van der Waals surface area contributed by atoms with Gasteiger partial charge in [-0.1, -0.05) is 0 Å². The fourth-order valence-electron chi connectivity index (χ4n) is 3.36. The smallest absolute Gasteiger partial charge is 0.0872 e. The lowest BCUT2D eigenvalue weighted by Crippen LogP contribution is -1.94. The number of aromatic nitrogens is 4. The Balaban J connectivity index is 1.99. The Bertz CT molecular complexity index is 1010. The van der Waals surface area contributed by atoms with Gasteiger partial charge in [0.2, 0.25) is 0 Å². The molecule has 0 aliphatic carbocycles. The fourth-order valence-corrected chi connectivity index (χ4v) is 3.36.